The first kappa shape index (κ1) is 15.5. The van der Waals surface area contributed by atoms with Gasteiger partial charge in [-0.15, -0.1) is 0 Å². The van der Waals surface area contributed by atoms with Crippen molar-refractivity contribution in [1.29, 1.82) is 0 Å². The van der Waals surface area contributed by atoms with E-state index in [1.165, 1.54) is 7.11 Å². The Morgan fingerprint density at radius 2 is 1.95 bits per heavy atom. The lowest BCUT2D eigenvalue weighted by molar-refractivity contribution is -0.153. The van der Waals surface area contributed by atoms with E-state index >= 15 is 0 Å². The van der Waals surface area contributed by atoms with Gasteiger partial charge in [0.1, 0.15) is 11.9 Å². The third-order valence-corrected chi connectivity index (χ3v) is 3.04. The number of carbonyl (C=O) groups is 2. The average Bonchev–Trinajstić information content (AvgIpc) is 2.84. The van der Waals surface area contributed by atoms with Gasteiger partial charge in [0.15, 0.2) is 12.4 Å². The van der Waals surface area contributed by atoms with Crippen molar-refractivity contribution < 1.29 is 28.5 Å². The van der Waals surface area contributed by atoms with Crippen molar-refractivity contribution in [1.82, 2.24) is 0 Å². The molecule has 0 N–H and O–H groups in total. The normalized spacial score (nSPS) is 20.0. The number of methoxy groups -OCH3 is 1. The number of benzene rings is 1. The highest BCUT2D eigenvalue weighted by Crippen LogP contribution is 2.22. The largest absolute Gasteiger partial charge is 0.497 e. The minimum absolute atomic E-state index is 0.173. The molecule has 1 saturated heterocycles. The van der Waals surface area contributed by atoms with Crippen LogP contribution in [0, 0.1) is 0 Å². The molecule has 0 saturated carbocycles. The van der Waals surface area contributed by atoms with Gasteiger partial charge in [0, 0.05) is 0 Å². The van der Waals surface area contributed by atoms with Crippen LogP contribution in [-0.4, -0.2) is 44.0 Å². The maximum absolute atomic E-state index is 11.9. The highest BCUT2D eigenvalue weighted by Gasteiger charge is 2.37. The minimum atomic E-state index is -0.777. The Labute approximate surface area is 122 Å². The summed E-state index contributed by atoms with van der Waals surface area (Å²) < 4.78 is 20.7. The number of carbonyl (C=O) groups excluding carboxylic acids is 2. The van der Waals surface area contributed by atoms with Crippen molar-refractivity contribution in [2.45, 2.75) is 25.7 Å². The highest BCUT2D eigenvalue weighted by atomic mass is 16.7. The van der Waals surface area contributed by atoms with Crippen LogP contribution in [-0.2, 0) is 19.0 Å². The van der Waals surface area contributed by atoms with E-state index in [-0.39, 0.29) is 19.0 Å². The molecular weight excluding hydrogens is 276 g/mol. The molecule has 0 bridgehead atoms. The highest BCUT2D eigenvalue weighted by molar-refractivity contribution is 5.92. The van der Waals surface area contributed by atoms with E-state index < -0.39 is 17.9 Å². The van der Waals surface area contributed by atoms with Gasteiger partial charge in [0.05, 0.1) is 19.3 Å². The summed E-state index contributed by atoms with van der Waals surface area (Å²) in [5, 5.41) is 0. The number of ether oxygens (including phenoxy) is 4. The van der Waals surface area contributed by atoms with Gasteiger partial charge in [-0.05, 0) is 38.1 Å². The van der Waals surface area contributed by atoms with Crippen LogP contribution in [0.25, 0.3) is 0 Å². The van der Waals surface area contributed by atoms with Gasteiger partial charge in [0.2, 0.25) is 5.78 Å². The number of hydrogen-bond acceptors (Lipinski definition) is 6. The Balaban J connectivity index is 1.84. The molecule has 0 radical (unpaired) electrons. The molecule has 1 aromatic carbocycles. The summed E-state index contributed by atoms with van der Waals surface area (Å²) in [7, 11) is 1.54. The first-order valence-corrected chi connectivity index (χ1v) is 6.57. The predicted molar refractivity (Wildman–Crippen MR) is 73.2 cm³/mol. The van der Waals surface area contributed by atoms with Crippen molar-refractivity contribution >= 4 is 11.8 Å². The Hall–Kier alpha value is -1.92. The van der Waals surface area contributed by atoms with Gasteiger partial charge in [-0.2, -0.15) is 0 Å². The Kier molecular flexibility index (Phi) is 4.59. The Morgan fingerprint density at radius 1 is 1.29 bits per heavy atom. The first-order valence-electron chi connectivity index (χ1n) is 6.57. The standard InChI is InChI=1S/C15H18O6/c1-15(2)20-9-13(21-15)12(16)8-19-14(17)10-4-6-11(18-3)7-5-10/h4-7,13H,8-9H2,1-3H3/t13-/m0/s1. The van der Waals surface area contributed by atoms with Gasteiger partial charge in [-0.1, -0.05) is 0 Å². The van der Waals surface area contributed by atoms with Gasteiger partial charge >= 0.3 is 5.97 Å². The van der Waals surface area contributed by atoms with Crippen molar-refractivity contribution in [3.05, 3.63) is 29.8 Å². The third kappa shape index (κ3) is 4.03. The van der Waals surface area contributed by atoms with Crippen LogP contribution >= 0.6 is 0 Å². The number of hydrogen-bond donors (Lipinski definition) is 0. The van der Waals surface area contributed by atoms with Crippen LogP contribution in [0.5, 0.6) is 5.75 Å². The van der Waals surface area contributed by atoms with Crippen LogP contribution < -0.4 is 4.74 Å². The number of rotatable bonds is 5. The molecule has 1 heterocycles. The van der Waals surface area contributed by atoms with Crippen molar-refractivity contribution in [2.24, 2.45) is 0 Å². The molecule has 0 amide bonds. The molecule has 21 heavy (non-hydrogen) atoms. The van der Waals surface area contributed by atoms with Crippen LogP contribution in [0.2, 0.25) is 0 Å². The fourth-order valence-corrected chi connectivity index (χ4v) is 1.89. The fraction of sp³-hybridized carbons (Fsp3) is 0.467. The van der Waals surface area contributed by atoms with E-state index in [0.717, 1.165) is 0 Å². The second-order valence-corrected chi connectivity index (χ2v) is 5.09. The molecular formula is C15H18O6. The van der Waals surface area contributed by atoms with Crippen LogP contribution in [0.15, 0.2) is 24.3 Å². The topological polar surface area (TPSA) is 71.1 Å². The second kappa shape index (κ2) is 6.24. The van der Waals surface area contributed by atoms with Gasteiger partial charge in [0.25, 0.3) is 0 Å². The number of ketones is 1. The molecule has 0 aromatic heterocycles. The fourth-order valence-electron chi connectivity index (χ4n) is 1.89. The van der Waals surface area contributed by atoms with Gasteiger partial charge < -0.3 is 18.9 Å². The summed E-state index contributed by atoms with van der Waals surface area (Å²) in [6.45, 7) is 3.29. The van der Waals surface area contributed by atoms with E-state index in [1.54, 1.807) is 38.1 Å². The molecule has 1 aliphatic rings. The molecule has 114 valence electrons. The zero-order valence-electron chi connectivity index (χ0n) is 12.3. The minimum Gasteiger partial charge on any atom is -0.497 e. The monoisotopic (exact) mass is 294 g/mol. The molecule has 2 rings (SSSR count). The molecule has 1 aliphatic heterocycles. The predicted octanol–water partition coefficient (Wildman–Crippen LogP) is 1.57. The summed E-state index contributed by atoms with van der Waals surface area (Å²) in [5.41, 5.74) is 0.354. The molecule has 1 fully saturated rings. The van der Waals surface area contributed by atoms with Crippen molar-refractivity contribution in [2.75, 3.05) is 20.3 Å². The summed E-state index contributed by atoms with van der Waals surface area (Å²) in [4.78, 5) is 23.7. The lowest BCUT2D eigenvalue weighted by Gasteiger charge is -2.16. The maximum Gasteiger partial charge on any atom is 0.338 e. The van der Waals surface area contributed by atoms with Crippen molar-refractivity contribution in [3.8, 4) is 5.75 Å². The average molecular weight is 294 g/mol. The SMILES string of the molecule is COc1ccc(C(=O)OCC(=O)[C@@H]2COC(C)(C)O2)cc1. The quantitative estimate of drug-likeness (QED) is 0.768. The second-order valence-electron chi connectivity index (χ2n) is 5.09. The third-order valence-electron chi connectivity index (χ3n) is 3.04. The Morgan fingerprint density at radius 3 is 2.48 bits per heavy atom. The van der Waals surface area contributed by atoms with E-state index in [2.05, 4.69) is 0 Å². The summed E-state index contributed by atoms with van der Waals surface area (Å²) in [5.74, 6) is -1.02. The van der Waals surface area contributed by atoms with Gasteiger partial charge in [-0.3, -0.25) is 4.79 Å². The first-order chi connectivity index (χ1) is 9.91. The zero-order valence-corrected chi connectivity index (χ0v) is 12.3. The van der Waals surface area contributed by atoms with E-state index in [0.29, 0.717) is 11.3 Å². The molecule has 6 nitrogen and oxygen atoms in total. The van der Waals surface area contributed by atoms with E-state index in [4.69, 9.17) is 18.9 Å². The number of esters is 1. The summed E-state index contributed by atoms with van der Waals surface area (Å²) in [6.07, 6.45) is -0.691. The molecule has 6 heteroatoms. The van der Waals surface area contributed by atoms with E-state index in [9.17, 15) is 9.59 Å². The molecule has 0 aliphatic carbocycles. The smallest absolute Gasteiger partial charge is 0.338 e. The van der Waals surface area contributed by atoms with E-state index in [1.807, 2.05) is 0 Å². The van der Waals surface area contributed by atoms with Crippen molar-refractivity contribution in [3.63, 3.8) is 0 Å². The zero-order chi connectivity index (χ0) is 15.5. The van der Waals surface area contributed by atoms with Gasteiger partial charge in [-0.25, -0.2) is 4.79 Å². The molecule has 0 spiro atoms. The molecule has 0 unspecified atom stereocenters. The number of Topliss-reactive ketones (excluding diaryl/α,β-unsaturated/α-hetero) is 1. The van der Waals surface area contributed by atoms with Crippen LogP contribution in [0.4, 0.5) is 0 Å². The lowest BCUT2D eigenvalue weighted by atomic mass is 10.2. The maximum atomic E-state index is 11.9. The summed E-state index contributed by atoms with van der Waals surface area (Å²) >= 11 is 0. The summed E-state index contributed by atoms with van der Waals surface area (Å²) in [6, 6.07) is 6.44. The lowest BCUT2D eigenvalue weighted by Crippen LogP contribution is -2.30. The molecule has 1 aromatic rings. The van der Waals surface area contributed by atoms with Crippen LogP contribution in [0.1, 0.15) is 24.2 Å². The molecule has 1 atom stereocenters. The van der Waals surface area contributed by atoms with Crippen LogP contribution in [0.3, 0.4) is 0 Å². The Bertz CT molecular complexity index is 519.